The predicted octanol–water partition coefficient (Wildman–Crippen LogP) is 4.18. The standard InChI is InChI=1S/C13H8BrF7N2O/c1-2-5-24-10-4-3-8(6-9(10)14)7-22-23-13(20,21)11(15,16)12(17,18)19/h1,3-4,6-7,23H,5H2/b22-7+. The Balaban J connectivity index is 2.84. The number of halogens is 8. The Bertz CT molecular complexity index is 653. The summed E-state index contributed by atoms with van der Waals surface area (Å²) in [6, 6.07) is -1.65. The van der Waals surface area contributed by atoms with Gasteiger partial charge in [0, 0.05) is 0 Å². The average molecular weight is 421 g/mol. The predicted molar refractivity (Wildman–Crippen MR) is 75.1 cm³/mol. The van der Waals surface area contributed by atoms with E-state index in [0.29, 0.717) is 21.9 Å². The molecule has 1 aromatic carbocycles. The molecule has 0 saturated heterocycles. The van der Waals surface area contributed by atoms with Gasteiger partial charge < -0.3 is 4.74 Å². The number of hydrogen-bond acceptors (Lipinski definition) is 3. The van der Waals surface area contributed by atoms with Gasteiger partial charge in [-0.3, -0.25) is 0 Å². The van der Waals surface area contributed by atoms with Gasteiger partial charge >= 0.3 is 18.1 Å². The smallest absolute Gasteiger partial charge is 0.462 e. The Labute approximate surface area is 140 Å². The highest BCUT2D eigenvalue weighted by atomic mass is 79.9. The second-order valence-corrected chi connectivity index (χ2v) is 5.05. The number of terminal acetylenes is 1. The zero-order valence-corrected chi connectivity index (χ0v) is 13.1. The van der Waals surface area contributed by atoms with E-state index in [4.69, 9.17) is 11.2 Å². The molecule has 0 heterocycles. The van der Waals surface area contributed by atoms with Crippen LogP contribution >= 0.6 is 15.9 Å². The molecule has 132 valence electrons. The number of hydrogen-bond donors (Lipinski definition) is 1. The van der Waals surface area contributed by atoms with E-state index in [1.54, 1.807) is 0 Å². The molecule has 0 bridgehead atoms. The average Bonchev–Trinajstić information content (AvgIpc) is 2.45. The van der Waals surface area contributed by atoms with Crippen molar-refractivity contribution >= 4 is 22.1 Å². The van der Waals surface area contributed by atoms with E-state index in [2.05, 4.69) is 27.0 Å². The van der Waals surface area contributed by atoms with Crippen molar-refractivity contribution in [3.63, 3.8) is 0 Å². The van der Waals surface area contributed by atoms with Gasteiger partial charge in [-0.05, 0) is 39.7 Å². The quantitative estimate of drug-likeness (QED) is 0.246. The highest BCUT2D eigenvalue weighted by Gasteiger charge is 2.73. The van der Waals surface area contributed by atoms with E-state index in [1.165, 1.54) is 18.2 Å². The van der Waals surface area contributed by atoms with Crippen LogP contribution in [0.2, 0.25) is 0 Å². The lowest BCUT2D eigenvalue weighted by molar-refractivity contribution is -0.361. The van der Waals surface area contributed by atoms with E-state index < -0.39 is 18.1 Å². The minimum atomic E-state index is -6.43. The third-order valence-electron chi connectivity index (χ3n) is 2.44. The molecule has 0 radical (unpaired) electrons. The molecule has 1 N–H and O–H groups in total. The van der Waals surface area contributed by atoms with Crippen LogP contribution in [-0.4, -0.2) is 31.0 Å². The van der Waals surface area contributed by atoms with E-state index in [1.807, 2.05) is 0 Å². The molecule has 0 aliphatic rings. The molecule has 0 aliphatic carbocycles. The molecular weight excluding hydrogens is 413 g/mol. The second kappa shape index (κ2) is 7.29. The van der Waals surface area contributed by atoms with Crippen molar-refractivity contribution in [2.75, 3.05) is 6.61 Å². The SMILES string of the molecule is C#CCOc1ccc(/C=N/NC(F)(F)C(F)(F)C(F)(F)F)cc1Br. The van der Waals surface area contributed by atoms with Crippen LogP contribution < -0.4 is 10.2 Å². The van der Waals surface area contributed by atoms with Crippen molar-refractivity contribution in [3.05, 3.63) is 28.2 Å². The maximum absolute atomic E-state index is 12.9. The van der Waals surface area contributed by atoms with Crippen molar-refractivity contribution in [2.45, 2.75) is 18.1 Å². The third-order valence-corrected chi connectivity index (χ3v) is 3.06. The van der Waals surface area contributed by atoms with Crippen molar-refractivity contribution in [1.82, 2.24) is 5.43 Å². The van der Waals surface area contributed by atoms with E-state index >= 15 is 0 Å². The van der Waals surface area contributed by atoms with E-state index in [-0.39, 0.29) is 12.2 Å². The first-order chi connectivity index (χ1) is 10.9. The Kier molecular flexibility index (Phi) is 6.10. The van der Waals surface area contributed by atoms with Gasteiger partial charge in [0.15, 0.2) is 0 Å². The molecule has 0 fully saturated rings. The molecule has 1 aromatic rings. The van der Waals surface area contributed by atoms with Crippen LogP contribution in [0, 0.1) is 12.3 Å². The fourth-order valence-electron chi connectivity index (χ4n) is 1.27. The fourth-order valence-corrected chi connectivity index (χ4v) is 1.78. The summed E-state index contributed by atoms with van der Waals surface area (Å²) in [5.74, 6) is -3.77. The maximum atomic E-state index is 12.9. The number of benzene rings is 1. The summed E-state index contributed by atoms with van der Waals surface area (Å²) < 4.78 is 92.3. The van der Waals surface area contributed by atoms with E-state index in [9.17, 15) is 30.7 Å². The summed E-state index contributed by atoms with van der Waals surface area (Å²) in [6.07, 6.45) is -0.801. The van der Waals surface area contributed by atoms with Crippen molar-refractivity contribution < 1.29 is 35.5 Å². The van der Waals surface area contributed by atoms with Gasteiger partial charge in [-0.1, -0.05) is 5.92 Å². The molecule has 3 nitrogen and oxygen atoms in total. The minimum absolute atomic E-state index is 0.0354. The lowest BCUT2D eigenvalue weighted by Gasteiger charge is -2.27. The Hall–Kier alpha value is -1.96. The van der Waals surface area contributed by atoms with Gasteiger partial charge in [-0.15, -0.1) is 6.42 Å². The number of nitrogens with one attached hydrogen (secondary N) is 1. The summed E-state index contributed by atoms with van der Waals surface area (Å²) in [5, 5.41) is 2.73. The van der Waals surface area contributed by atoms with Crippen molar-refractivity contribution in [2.24, 2.45) is 5.10 Å². The summed E-state index contributed by atoms with van der Waals surface area (Å²) in [5.41, 5.74) is 0.635. The first-order valence-corrected chi connectivity index (χ1v) is 6.70. The van der Waals surface area contributed by atoms with Crippen LogP contribution in [0.4, 0.5) is 30.7 Å². The van der Waals surface area contributed by atoms with Gasteiger partial charge in [0.2, 0.25) is 0 Å². The van der Waals surface area contributed by atoms with Crippen LogP contribution in [0.5, 0.6) is 5.75 Å². The fraction of sp³-hybridized carbons (Fsp3) is 0.308. The summed E-state index contributed by atoms with van der Waals surface area (Å²) >= 11 is 3.07. The molecule has 0 spiro atoms. The highest BCUT2D eigenvalue weighted by Crippen LogP contribution is 2.44. The monoisotopic (exact) mass is 420 g/mol. The zero-order chi connectivity index (χ0) is 18.6. The van der Waals surface area contributed by atoms with Gasteiger partial charge in [-0.2, -0.15) is 35.8 Å². The molecule has 24 heavy (non-hydrogen) atoms. The van der Waals surface area contributed by atoms with Crippen LogP contribution in [0.3, 0.4) is 0 Å². The zero-order valence-electron chi connectivity index (χ0n) is 11.5. The molecule has 0 saturated carbocycles. The Morgan fingerprint density at radius 2 is 1.83 bits per heavy atom. The van der Waals surface area contributed by atoms with Gasteiger partial charge in [-0.25, -0.2) is 5.43 Å². The first kappa shape index (κ1) is 20.1. The van der Waals surface area contributed by atoms with Gasteiger partial charge in [0.1, 0.15) is 12.4 Å². The first-order valence-electron chi connectivity index (χ1n) is 5.91. The van der Waals surface area contributed by atoms with Crippen LogP contribution in [0.1, 0.15) is 5.56 Å². The molecule has 0 unspecified atom stereocenters. The lowest BCUT2D eigenvalue weighted by atomic mass is 10.2. The lowest BCUT2D eigenvalue weighted by Crippen LogP contribution is -2.58. The third kappa shape index (κ3) is 4.53. The number of nitrogens with zero attached hydrogens (tertiary/aromatic N) is 1. The molecule has 0 amide bonds. The molecule has 1 rings (SSSR count). The Morgan fingerprint density at radius 3 is 2.33 bits per heavy atom. The number of hydrazone groups is 1. The van der Waals surface area contributed by atoms with Gasteiger partial charge in [0.05, 0.1) is 10.7 Å². The van der Waals surface area contributed by atoms with Gasteiger partial charge in [0.25, 0.3) is 0 Å². The topological polar surface area (TPSA) is 33.6 Å². The number of ether oxygens (including phenoxy) is 1. The summed E-state index contributed by atoms with van der Waals surface area (Å²) in [7, 11) is 0. The number of alkyl halides is 7. The van der Waals surface area contributed by atoms with Crippen LogP contribution in [0.15, 0.2) is 27.8 Å². The normalized spacial score (nSPS) is 13.0. The van der Waals surface area contributed by atoms with Crippen molar-refractivity contribution in [3.8, 4) is 18.1 Å². The Morgan fingerprint density at radius 1 is 1.21 bits per heavy atom. The molecule has 11 heteroatoms. The molecule has 0 atom stereocenters. The van der Waals surface area contributed by atoms with Crippen LogP contribution in [-0.2, 0) is 0 Å². The summed E-state index contributed by atoms with van der Waals surface area (Å²) in [6.45, 7) is -0.0354. The van der Waals surface area contributed by atoms with Crippen LogP contribution in [0.25, 0.3) is 0 Å². The molecular formula is C13H8BrF7N2O. The second-order valence-electron chi connectivity index (χ2n) is 4.20. The number of rotatable bonds is 6. The maximum Gasteiger partial charge on any atom is 0.462 e. The highest BCUT2D eigenvalue weighted by molar-refractivity contribution is 9.10. The van der Waals surface area contributed by atoms with E-state index in [0.717, 1.165) is 0 Å². The minimum Gasteiger partial charge on any atom is -0.480 e. The molecule has 0 aromatic heterocycles. The largest absolute Gasteiger partial charge is 0.480 e. The van der Waals surface area contributed by atoms with Crippen molar-refractivity contribution in [1.29, 1.82) is 0 Å². The molecule has 0 aliphatic heterocycles. The summed E-state index contributed by atoms with van der Waals surface area (Å²) in [4.78, 5) is 0.